The molecule has 1 fully saturated rings. The summed E-state index contributed by atoms with van der Waals surface area (Å²) in [4.78, 5) is 37.6. The number of likely N-dealkylation sites (tertiary alicyclic amines) is 1. The van der Waals surface area contributed by atoms with Crippen LogP contribution in [0.1, 0.15) is 38.9 Å². The molecule has 1 aliphatic rings. The Morgan fingerprint density at radius 1 is 1.43 bits per heavy atom. The van der Waals surface area contributed by atoms with E-state index in [2.05, 4.69) is 15.3 Å². The summed E-state index contributed by atoms with van der Waals surface area (Å²) >= 11 is 0. The van der Waals surface area contributed by atoms with Gasteiger partial charge >= 0.3 is 0 Å². The van der Waals surface area contributed by atoms with Gasteiger partial charge in [-0.2, -0.15) is 0 Å². The van der Waals surface area contributed by atoms with E-state index in [1.165, 1.54) is 6.26 Å². The van der Waals surface area contributed by atoms with Crippen molar-refractivity contribution in [3.63, 3.8) is 0 Å². The van der Waals surface area contributed by atoms with E-state index in [1.807, 2.05) is 14.1 Å². The smallest absolute Gasteiger partial charge is 0.289 e. The lowest BCUT2D eigenvalue weighted by molar-refractivity contribution is 0.0759. The Labute approximate surface area is 163 Å². The second-order valence-electron chi connectivity index (χ2n) is 6.83. The highest BCUT2D eigenvalue weighted by Gasteiger charge is 2.32. The van der Waals surface area contributed by atoms with Gasteiger partial charge in [-0.1, -0.05) is 0 Å². The second kappa shape index (κ2) is 8.83. The van der Waals surface area contributed by atoms with Crippen molar-refractivity contribution in [2.24, 2.45) is 0 Å². The van der Waals surface area contributed by atoms with Gasteiger partial charge in [-0.25, -0.2) is 9.97 Å². The fourth-order valence-corrected chi connectivity index (χ4v) is 3.17. The average Bonchev–Trinajstić information content (AvgIpc) is 3.39. The van der Waals surface area contributed by atoms with Crippen LogP contribution >= 0.6 is 0 Å². The summed E-state index contributed by atoms with van der Waals surface area (Å²) in [5, 5.41) is 2.82. The molecule has 0 aromatic carbocycles. The zero-order valence-corrected chi connectivity index (χ0v) is 16.3. The van der Waals surface area contributed by atoms with Crippen molar-refractivity contribution in [3.8, 4) is 0 Å². The first-order valence-corrected chi connectivity index (χ1v) is 9.15. The summed E-state index contributed by atoms with van der Waals surface area (Å²) in [6, 6.07) is 3.34. The summed E-state index contributed by atoms with van der Waals surface area (Å²) in [6.07, 6.45) is 3.75. The molecule has 9 heteroatoms. The van der Waals surface area contributed by atoms with Gasteiger partial charge in [0.2, 0.25) is 5.95 Å². The van der Waals surface area contributed by atoms with E-state index in [0.29, 0.717) is 55.6 Å². The quantitative estimate of drug-likeness (QED) is 0.711. The zero-order chi connectivity index (χ0) is 20.1. The van der Waals surface area contributed by atoms with Gasteiger partial charge in [0.1, 0.15) is 0 Å². The highest BCUT2D eigenvalue weighted by Crippen LogP contribution is 2.30. The third-order valence-electron chi connectivity index (χ3n) is 4.64. The molecule has 2 amide bonds. The molecule has 0 saturated carbocycles. The summed E-state index contributed by atoms with van der Waals surface area (Å²) in [5.74, 6) is 0.395. The van der Waals surface area contributed by atoms with Gasteiger partial charge in [0.05, 0.1) is 24.1 Å². The number of carbonyl (C=O) groups is 2. The van der Waals surface area contributed by atoms with Crippen LogP contribution in [0.25, 0.3) is 0 Å². The van der Waals surface area contributed by atoms with E-state index < -0.39 is 0 Å². The number of furan rings is 1. The minimum atomic E-state index is -0.242. The summed E-state index contributed by atoms with van der Waals surface area (Å²) < 4.78 is 10.2. The largest absolute Gasteiger partial charge is 0.459 e. The van der Waals surface area contributed by atoms with Crippen molar-refractivity contribution in [2.75, 3.05) is 52.3 Å². The molecule has 1 aliphatic heterocycles. The summed E-state index contributed by atoms with van der Waals surface area (Å²) in [5.41, 5.74) is 1.09. The molecule has 1 unspecified atom stereocenters. The third-order valence-corrected chi connectivity index (χ3v) is 4.64. The molecule has 0 spiro atoms. The van der Waals surface area contributed by atoms with Crippen LogP contribution in [0, 0.1) is 0 Å². The van der Waals surface area contributed by atoms with Crippen molar-refractivity contribution in [1.29, 1.82) is 0 Å². The molecular formula is C19H25N5O4. The molecule has 2 aromatic heterocycles. The number of anilines is 1. The topological polar surface area (TPSA) is 101 Å². The molecule has 1 atom stereocenters. The van der Waals surface area contributed by atoms with Gasteiger partial charge in [0.15, 0.2) is 5.76 Å². The molecule has 9 nitrogen and oxygen atoms in total. The lowest BCUT2D eigenvalue weighted by atomic mass is 9.99. The predicted molar refractivity (Wildman–Crippen MR) is 103 cm³/mol. The van der Waals surface area contributed by atoms with E-state index in [9.17, 15) is 9.59 Å². The molecule has 2 aromatic rings. The lowest BCUT2D eigenvalue weighted by Crippen LogP contribution is -2.30. The minimum Gasteiger partial charge on any atom is -0.459 e. The van der Waals surface area contributed by atoms with Crippen molar-refractivity contribution in [2.45, 2.75) is 12.3 Å². The van der Waals surface area contributed by atoms with Gasteiger partial charge in [0, 0.05) is 53.0 Å². The number of ether oxygens (including phenoxy) is 1. The lowest BCUT2D eigenvalue weighted by Gasteiger charge is -2.18. The zero-order valence-electron chi connectivity index (χ0n) is 16.3. The number of hydrogen-bond donors (Lipinski definition) is 1. The van der Waals surface area contributed by atoms with Gasteiger partial charge in [0.25, 0.3) is 11.8 Å². The maximum absolute atomic E-state index is 12.6. The van der Waals surface area contributed by atoms with E-state index in [0.717, 1.165) is 0 Å². The average molecular weight is 387 g/mol. The van der Waals surface area contributed by atoms with E-state index in [1.54, 1.807) is 35.2 Å². The van der Waals surface area contributed by atoms with Crippen LogP contribution in [0.4, 0.5) is 5.95 Å². The van der Waals surface area contributed by atoms with Crippen molar-refractivity contribution < 1.29 is 18.7 Å². The standard InChI is InChI=1S/C19H25N5O4/c1-23(2)19-21-11-14(17(25)20-7-10-27-3)16(22-19)13-6-8-24(12-13)18(26)15-5-4-9-28-15/h4-5,9,11,13H,6-8,10,12H2,1-3H3,(H,20,25). The molecular weight excluding hydrogens is 362 g/mol. The maximum Gasteiger partial charge on any atom is 0.289 e. The van der Waals surface area contributed by atoms with Crippen LogP contribution in [-0.2, 0) is 4.74 Å². The molecule has 28 heavy (non-hydrogen) atoms. The van der Waals surface area contributed by atoms with Crippen LogP contribution in [0.5, 0.6) is 0 Å². The Kier molecular flexibility index (Phi) is 6.25. The van der Waals surface area contributed by atoms with Gasteiger partial charge in [-0.3, -0.25) is 9.59 Å². The van der Waals surface area contributed by atoms with Crippen LogP contribution in [0.3, 0.4) is 0 Å². The number of aromatic nitrogens is 2. The molecule has 3 heterocycles. The fourth-order valence-electron chi connectivity index (χ4n) is 3.17. The van der Waals surface area contributed by atoms with E-state index in [-0.39, 0.29) is 17.7 Å². The molecule has 150 valence electrons. The Morgan fingerprint density at radius 3 is 2.93 bits per heavy atom. The fraction of sp³-hybridized carbons (Fsp3) is 0.474. The summed E-state index contributed by atoms with van der Waals surface area (Å²) in [6.45, 7) is 1.88. The monoisotopic (exact) mass is 387 g/mol. The molecule has 1 saturated heterocycles. The molecule has 3 rings (SSSR count). The Hall–Kier alpha value is -2.94. The van der Waals surface area contributed by atoms with Crippen LogP contribution in [0.15, 0.2) is 29.0 Å². The number of hydrogen-bond acceptors (Lipinski definition) is 7. The van der Waals surface area contributed by atoms with Crippen LogP contribution < -0.4 is 10.2 Å². The number of amides is 2. The molecule has 0 bridgehead atoms. The van der Waals surface area contributed by atoms with Crippen LogP contribution in [-0.4, -0.2) is 74.1 Å². The van der Waals surface area contributed by atoms with Crippen molar-refractivity contribution in [3.05, 3.63) is 41.6 Å². The first-order chi connectivity index (χ1) is 13.5. The highest BCUT2D eigenvalue weighted by atomic mass is 16.5. The number of nitrogens with one attached hydrogen (secondary N) is 1. The number of nitrogens with zero attached hydrogens (tertiary/aromatic N) is 4. The SMILES string of the molecule is COCCNC(=O)c1cnc(N(C)C)nc1C1CCN(C(=O)c2ccco2)C1. The van der Waals surface area contributed by atoms with Gasteiger partial charge in [-0.05, 0) is 18.6 Å². The maximum atomic E-state index is 12.6. The first kappa shape index (κ1) is 19.8. The molecule has 1 N–H and O–H groups in total. The Balaban J connectivity index is 1.81. The molecule has 0 aliphatic carbocycles. The van der Waals surface area contributed by atoms with Gasteiger partial charge in [-0.15, -0.1) is 0 Å². The number of rotatable bonds is 7. The van der Waals surface area contributed by atoms with Crippen molar-refractivity contribution in [1.82, 2.24) is 20.2 Å². The van der Waals surface area contributed by atoms with Gasteiger partial charge < -0.3 is 24.3 Å². The van der Waals surface area contributed by atoms with Crippen LogP contribution in [0.2, 0.25) is 0 Å². The third kappa shape index (κ3) is 4.30. The summed E-state index contributed by atoms with van der Waals surface area (Å²) in [7, 11) is 5.27. The predicted octanol–water partition coefficient (Wildman–Crippen LogP) is 1.14. The Morgan fingerprint density at radius 2 is 2.25 bits per heavy atom. The number of methoxy groups -OCH3 is 1. The highest BCUT2D eigenvalue weighted by molar-refractivity contribution is 5.95. The van der Waals surface area contributed by atoms with Crippen molar-refractivity contribution >= 4 is 17.8 Å². The second-order valence-corrected chi connectivity index (χ2v) is 6.83. The molecule has 0 radical (unpaired) electrons. The Bertz CT molecular complexity index is 822. The van der Waals surface area contributed by atoms with E-state index >= 15 is 0 Å². The minimum absolute atomic E-state index is 0.0520. The van der Waals surface area contributed by atoms with E-state index in [4.69, 9.17) is 9.15 Å². The normalized spacial score (nSPS) is 16.2. The number of carbonyl (C=O) groups excluding carboxylic acids is 2. The first-order valence-electron chi connectivity index (χ1n) is 9.15.